The summed E-state index contributed by atoms with van der Waals surface area (Å²) in [4.78, 5) is 27.0. The first-order valence-corrected chi connectivity index (χ1v) is 12.2. The average Bonchev–Trinajstić information content (AvgIpc) is 3.08. The molecule has 1 aliphatic heterocycles. The van der Waals surface area contributed by atoms with Gasteiger partial charge in [-0.2, -0.15) is 4.31 Å². The number of methoxy groups -OCH3 is 1. The lowest BCUT2D eigenvalue weighted by Crippen LogP contribution is -2.32. The Morgan fingerprint density at radius 2 is 1.65 bits per heavy atom. The Hall–Kier alpha value is -3.08. The van der Waals surface area contributed by atoms with Gasteiger partial charge in [0, 0.05) is 32.3 Å². The zero-order chi connectivity index (χ0) is 25.0. The van der Waals surface area contributed by atoms with E-state index >= 15 is 0 Å². The second-order valence-electron chi connectivity index (χ2n) is 7.65. The summed E-state index contributed by atoms with van der Waals surface area (Å²) in [5.41, 5.74) is 0.460. The number of ketones is 1. The molecule has 2 aromatic rings. The largest absolute Gasteiger partial charge is 0.507 e. The highest BCUT2D eigenvalue weighted by atomic mass is 32.2. The number of ether oxygens (including phenoxy) is 1. The molecule has 1 N–H and O–H groups in total. The first-order valence-electron chi connectivity index (χ1n) is 10.8. The van der Waals surface area contributed by atoms with E-state index in [4.69, 9.17) is 4.74 Å². The maximum absolute atomic E-state index is 13.5. The zero-order valence-electron chi connectivity index (χ0n) is 19.2. The highest BCUT2D eigenvalue weighted by molar-refractivity contribution is 7.89. The van der Waals surface area contributed by atoms with Crippen LogP contribution in [0.15, 0.2) is 59.0 Å². The van der Waals surface area contributed by atoms with Crippen molar-refractivity contribution in [1.82, 2.24) is 9.21 Å². The van der Waals surface area contributed by atoms with Gasteiger partial charge in [-0.1, -0.05) is 26.0 Å². The van der Waals surface area contributed by atoms with Gasteiger partial charge in [0.15, 0.2) is 0 Å². The van der Waals surface area contributed by atoms with Crippen molar-refractivity contribution < 1.29 is 32.2 Å². The van der Waals surface area contributed by atoms with Crippen LogP contribution in [0.2, 0.25) is 0 Å². The molecule has 2 aromatic carbocycles. The van der Waals surface area contributed by atoms with Crippen LogP contribution in [-0.4, -0.2) is 67.8 Å². The van der Waals surface area contributed by atoms with Crippen molar-refractivity contribution in [2.45, 2.75) is 24.8 Å². The Bertz CT molecular complexity index is 1190. The SMILES string of the molecule is CCN(CC)S(=O)(=O)c1ccc(/C(O)=C2/C(=O)C(=O)N(CCOC)C2c2ccc(F)cc2)cc1. The molecular formula is C24H27FN2O6S. The number of carbonyl (C=O) groups excluding carboxylic acids is 2. The van der Waals surface area contributed by atoms with Crippen LogP contribution in [0.5, 0.6) is 0 Å². The Labute approximate surface area is 198 Å². The number of aliphatic hydroxyl groups excluding tert-OH is 1. The molecule has 0 bridgehead atoms. The number of aliphatic hydroxyl groups is 1. The smallest absolute Gasteiger partial charge is 0.295 e. The van der Waals surface area contributed by atoms with E-state index in [9.17, 15) is 27.5 Å². The third kappa shape index (κ3) is 4.75. The van der Waals surface area contributed by atoms with Crippen molar-refractivity contribution in [2.24, 2.45) is 0 Å². The van der Waals surface area contributed by atoms with E-state index in [1.54, 1.807) is 13.8 Å². The summed E-state index contributed by atoms with van der Waals surface area (Å²) in [6.07, 6.45) is 0. The van der Waals surface area contributed by atoms with Crippen LogP contribution >= 0.6 is 0 Å². The molecule has 0 aliphatic carbocycles. The molecule has 1 unspecified atom stereocenters. The van der Waals surface area contributed by atoms with Crippen molar-refractivity contribution in [3.63, 3.8) is 0 Å². The van der Waals surface area contributed by atoms with Gasteiger partial charge < -0.3 is 14.7 Å². The minimum atomic E-state index is -3.70. The van der Waals surface area contributed by atoms with Crippen LogP contribution in [0.3, 0.4) is 0 Å². The van der Waals surface area contributed by atoms with Crippen LogP contribution in [0.25, 0.3) is 5.76 Å². The third-order valence-corrected chi connectivity index (χ3v) is 7.80. The highest BCUT2D eigenvalue weighted by Gasteiger charge is 2.45. The van der Waals surface area contributed by atoms with Gasteiger partial charge in [0.2, 0.25) is 10.0 Å². The van der Waals surface area contributed by atoms with E-state index in [0.717, 1.165) is 0 Å². The topological polar surface area (TPSA) is 104 Å². The summed E-state index contributed by atoms with van der Waals surface area (Å²) in [5, 5.41) is 11.0. The summed E-state index contributed by atoms with van der Waals surface area (Å²) in [6.45, 7) is 4.33. The van der Waals surface area contributed by atoms with Crippen LogP contribution in [-0.2, 0) is 24.3 Å². The molecule has 34 heavy (non-hydrogen) atoms. The standard InChI is InChI=1S/C24H27FN2O6S/c1-4-26(5-2)34(31,32)19-12-8-17(9-13-19)22(28)20-21(16-6-10-18(25)11-7-16)27(14-15-33-3)24(30)23(20)29/h6-13,21,28H,4-5,14-15H2,1-3H3/b22-20-. The molecule has 1 aliphatic rings. The monoisotopic (exact) mass is 490 g/mol. The van der Waals surface area contributed by atoms with Gasteiger partial charge in [0.1, 0.15) is 11.6 Å². The molecule has 8 nitrogen and oxygen atoms in total. The fourth-order valence-corrected chi connectivity index (χ4v) is 5.40. The van der Waals surface area contributed by atoms with Crippen molar-refractivity contribution in [1.29, 1.82) is 0 Å². The van der Waals surface area contributed by atoms with Crippen LogP contribution in [0, 0.1) is 5.82 Å². The van der Waals surface area contributed by atoms with Crippen molar-refractivity contribution in [3.05, 3.63) is 71.0 Å². The number of likely N-dealkylation sites (tertiary alicyclic amines) is 1. The molecule has 1 atom stereocenters. The predicted molar refractivity (Wildman–Crippen MR) is 124 cm³/mol. The van der Waals surface area contributed by atoms with E-state index in [1.165, 1.54) is 64.8 Å². The van der Waals surface area contributed by atoms with Crippen molar-refractivity contribution >= 4 is 27.5 Å². The van der Waals surface area contributed by atoms with Gasteiger partial charge in [-0.3, -0.25) is 9.59 Å². The minimum absolute atomic E-state index is 0.0448. The van der Waals surface area contributed by atoms with Gasteiger partial charge in [-0.05, 0) is 42.0 Å². The Kier molecular flexibility index (Phi) is 7.86. The number of hydrogen-bond acceptors (Lipinski definition) is 6. The maximum atomic E-state index is 13.5. The maximum Gasteiger partial charge on any atom is 0.295 e. The van der Waals surface area contributed by atoms with Gasteiger partial charge in [-0.15, -0.1) is 0 Å². The Morgan fingerprint density at radius 3 is 2.18 bits per heavy atom. The van der Waals surface area contributed by atoms with E-state index in [1.807, 2.05) is 0 Å². The molecule has 0 radical (unpaired) electrons. The molecule has 1 saturated heterocycles. The van der Waals surface area contributed by atoms with E-state index in [0.29, 0.717) is 18.7 Å². The van der Waals surface area contributed by atoms with E-state index in [2.05, 4.69) is 0 Å². The second kappa shape index (κ2) is 10.5. The molecule has 0 saturated carbocycles. The summed E-state index contributed by atoms with van der Waals surface area (Å²) >= 11 is 0. The number of amides is 1. The lowest BCUT2D eigenvalue weighted by atomic mass is 9.95. The van der Waals surface area contributed by atoms with Gasteiger partial charge in [0.05, 0.1) is 23.1 Å². The lowest BCUT2D eigenvalue weighted by molar-refractivity contribution is -0.140. The number of Topliss-reactive ketones (excluding diaryl/α,β-unsaturated/α-hetero) is 1. The highest BCUT2D eigenvalue weighted by Crippen LogP contribution is 2.39. The number of nitrogens with zero attached hydrogens (tertiary/aromatic N) is 2. The molecule has 3 rings (SSSR count). The molecule has 0 spiro atoms. The normalized spacial score (nSPS) is 18.1. The molecule has 0 aromatic heterocycles. The van der Waals surface area contributed by atoms with Crippen LogP contribution in [0.4, 0.5) is 4.39 Å². The summed E-state index contributed by atoms with van der Waals surface area (Å²) in [7, 11) is -2.25. The predicted octanol–water partition coefficient (Wildman–Crippen LogP) is 2.92. The van der Waals surface area contributed by atoms with Crippen molar-refractivity contribution in [3.8, 4) is 0 Å². The number of rotatable bonds is 9. The minimum Gasteiger partial charge on any atom is -0.507 e. The zero-order valence-corrected chi connectivity index (χ0v) is 20.0. The van der Waals surface area contributed by atoms with E-state index < -0.39 is 39.3 Å². The molecule has 1 amide bonds. The number of sulfonamides is 1. The van der Waals surface area contributed by atoms with Gasteiger partial charge in [0.25, 0.3) is 11.7 Å². The second-order valence-corrected chi connectivity index (χ2v) is 9.59. The fourth-order valence-electron chi connectivity index (χ4n) is 3.94. The average molecular weight is 491 g/mol. The molecule has 182 valence electrons. The number of benzene rings is 2. The van der Waals surface area contributed by atoms with Crippen molar-refractivity contribution in [2.75, 3.05) is 33.4 Å². The number of halogens is 1. The number of hydrogen-bond donors (Lipinski definition) is 1. The summed E-state index contributed by atoms with van der Waals surface area (Å²) < 4.78 is 45.3. The summed E-state index contributed by atoms with van der Waals surface area (Å²) in [5.74, 6) is -2.63. The number of carbonyl (C=O) groups is 2. The van der Waals surface area contributed by atoms with Crippen LogP contribution in [0.1, 0.15) is 31.0 Å². The summed E-state index contributed by atoms with van der Waals surface area (Å²) in [6, 6.07) is 9.81. The van der Waals surface area contributed by atoms with Gasteiger partial charge >= 0.3 is 0 Å². The lowest BCUT2D eigenvalue weighted by Gasteiger charge is -2.25. The molecule has 1 fully saturated rings. The molecular weight excluding hydrogens is 463 g/mol. The molecule has 10 heteroatoms. The van der Waals surface area contributed by atoms with Crippen LogP contribution < -0.4 is 0 Å². The van der Waals surface area contributed by atoms with E-state index in [-0.39, 0.29) is 29.2 Å². The van der Waals surface area contributed by atoms with Gasteiger partial charge in [-0.25, -0.2) is 12.8 Å². The fraction of sp³-hybridized carbons (Fsp3) is 0.333. The quantitative estimate of drug-likeness (QED) is 0.329. The Morgan fingerprint density at radius 1 is 1.06 bits per heavy atom. The third-order valence-electron chi connectivity index (χ3n) is 5.73. The first-order chi connectivity index (χ1) is 16.2. The first kappa shape index (κ1) is 25.5. The Balaban J connectivity index is 2.09. The molecule has 1 heterocycles.